The van der Waals surface area contributed by atoms with E-state index in [-0.39, 0.29) is 5.69 Å². The summed E-state index contributed by atoms with van der Waals surface area (Å²) in [5.41, 5.74) is -2.28. The average molecular weight is 384 g/mol. The van der Waals surface area contributed by atoms with Gasteiger partial charge in [0.1, 0.15) is 10.2 Å². The highest BCUT2D eigenvalue weighted by atomic mass is 35.7. The number of fused-ring (bicyclic) bond motifs is 1. The molecule has 0 spiro atoms. The number of pyridine rings is 1. The number of carbonyl (C=O) groups excluding carboxylic acids is 3. The SMILES string of the molecule is O=C1NC(=O)C(O)(Cc2ccc3ccccc3n2)C(=O)N1O[Cl+3]([O-])([O-])[O-]. The second-order valence-electron chi connectivity index (χ2n) is 5.34. The predicted octanol–water partition coefficient (Wildman–Crippen LogP) is -3.58. The number of imide groups is 2. The topological polar surface area (TPSA) is 178 Å². The van der Waals surface area contributed by atoms with E-state index in [4.69, 9.17) is 0 Å². The summed E-state index contributed by atoms with van der Waals surface area (Å²) < 4.78 is 35.6. The summed E-state index contributed by atoms with van der Waals surface area (Å²) in [4.78, 5) is 39.9. The van der Waals surface area contributed by atoms with Crippen molar-refractivity contribution < 1.29 is 48.1 Å². The van der Waals surface area contributed by atoms with Gasteiger partial charge in [0.2, 0.25) is 9.99 Å². The summed E-state index contributed by atoms with van der Waals surface area (Å²) in [5, 5.41) is 12.2. The molecule has 0 radical (unpaired) electrons. The molecule has 2 heterocycles. The van der Waals surface area contributed by atoms with E-state index < -0.39 is 45.2 Å². The van der Waals surface area contributed by atoms with Crippen LogP contribution >= 0.6 is 0 Å². The number of hydroxylamine groups is 2. The summed E-state index contributed by atoms with van der Waals surface area (Å²) >= 11 is 0. The summed E-state index contributed by atoms with van der Waals surface area (Å²) in [6, 6.07) is 8.36. The fraction of sp³-hybridized carbons (Fsp3) is 0.143. The largest absolute Gasteiger partial charge is 0.371 e. The van der Waals surface area contributed by atoms with Gasteiger partial charge in [-0.1, -0.05) is 24.3 Å². The van der Waals surface area contributed by atoms with Crippen LogP contribution in [0.2, 0.25) is 0 Å². The number of nitrogens with one attached hydrogen (secondary N) is 1. The molecule has 1 aliphatic rings. The van der Waals surface area contributed by atoms with Crippen molar-refractivity contribution in [3.63, 3.8) is 0 Å². The quantitative estimate of drug-likeness (QED) is 0.505. The van der Waals surface area contributed by atoms with Crippen LogP contribution in [0.5, 0.6) is 0 Å². The van der Waals surface area contributed by atoms with Gasteiger partial charge in [-0.15, -0.1) is 0 Å². The molecule has 2 N–H and O–H groups in total. The first-order chi connectivity index (χ1) is 12.1. The molecule has 1 aromatic carbocycles. The van der Waals surface area contributed by atoms with Crippen molar-refractivity contribution in [1.82, 2.24) is 15.4 Å². The summed E-state index contributed by atoms with van der Waals surface area (Å²) in [7, 11) is -5.21. The number of aromatic nitrogens is 1. The van der Waals surface area contributed by atoms with Gasteiger partial charge < -0.3 is 5.11 Å². The first kappa shape index (κ1) is 18.1. The van der Waals surface area contributed by atoms with Gasteiger partial charge in [-0.05, 0) is 12.1 Å². The number of hydrogen-bond donors (Lipinski definition) is 2. The summed E-state index contributed by atoms with van der Waals surface area (Å²) in [6.07, 6.45) is -0.689. The lowest BCUT2D eigenvalue weighted by Crippen LogP contribution is -2.72. The monoisotopic (exact) mass is 383 g/mol. The van der Waals surface area contributed by atoms with E-state index in [1.54, 1.807) is 35.6 Å². The zero-order valence-electron chi connectivity index (χ0n) is 12.7. The number of barbiturate groups is 1. The molecule has 12 heteroatoms. The number of benzene rings is 1. The molecule has 0 aliphatic carbocycles. The molecule has 1 aromatic heterocycles. The number of aliphatic hydroxyl groups is 1. The predicted molar refractivity (Wildman–Crippen MR) is 71.9 cm³/mol. The number of urea groups is 1. The Labute approximate surface area is 147 Å². The van der Waals surface area contributed by atoms with E-state index in [2.05, 4.69) is 9.37 Å². The molecule has 3 rings (SSSR count). The molecule has 2 aromatic rings. The third-order valence-corrected chi connectivity index (χ3v) is 3.87. The normalized spacial score (nSPS) is 21.2. The zero-order chi connectivity index (χ0) is 19.1. The first-order valence-electron chi connectivity index (χ1n) is 6.98. The molecule has 26 heavy (non-hydrogen) atoms. The standard InChI is InChI=1S/C14H10ClN3O8/c19-11-14(22,12(20)18(13(21)17-11)26-15(23,24)25)7-9-6-5-8-3-1-2-4-10(8)16-9/h1-6,22H,7H2,(H,17,19,21). The highest BCUT2D eigenvalue weighted by molar-refractivity contribution is 6.20. The molecule has 1 aliphatic heterocycles. The van der Waals surface area contributed by atoms with Crippen LogP contribution in [0.4, 0.5) is 4.79 Å². The lowest BCUT2D eigenvalue weighted by atomic mass is 9.93. The Bertz CT molecular complexity index is 914. The smallest absolute Gasteiger partial charge is 0.368 e. The van der Waals surface area contributed by atoms with Gasteiger partial charge >= 0.3 is 11.9 Å². The second-order valence-corrected chi connectivity index (χ2v) is 6.23. The van der Waals surface area contributed by atoms with Crippen LogP contribution in [-0.4, -0.2) is 38.6 Å². The maximum absolute atomic E-state index is 12.2. The van der Waals surface area contributed by atoms with Crippen LogP contribution < -0.4 is 19.3 Å². The van der Waals surface area contributed by atoms with Crippen LogP contribution in [0.15, 0.2) is 36.4 Å². The van der Waals surface area contributed by atoms with Crippen LogP contribution in [0, 0.1) is 10.2 Å². The molecular formula is C14H10ClN3O8. The fourth-order valence-electron chi connectivity index (χ4n) is 2.38. The molecule has 1 unspecified atom stereocenters. The molecule has 11 nitrogen and oxygen atoms in total. The number of halogens is 1. The Morgan fingerprint density at radius 2 is 1.85 bits per heavy atom. The third kappa shape index (κ3) is 3.35. The minimum atomic E-state index is -5.21. The third-order valence-electron chi connectivity index (χ3n) is 3.57. The average Bonchev–Trinajstić information content (AvgIpc) is 2.56. The molecule has 1 saturated heterocycles. The first-order valence-corrected chi connectivity index (χ1v) is 8.21. The maximum Gasteiger partial charge on any atom is 0.368 e. The summed E-state index contributed by atoms with van der Waals surface area (Å²) in [6.45, 7) is 0. The van der Waals surface area contributed by atoms with Crippen LogP contribution in [-0.2, 0) is 20.4 Å². The van der Waals surface area contributed by atoms with E-state index in [0.29, 0.717) is 5.52 Å². The number of para-hydroxylation sites is 1. The lowest BCUT2D eigenvalue weighted by Gasteiger charge is -2.31. The minimum Gasteiger partial charge on any atom is -0.371 e. The number of hydrogen-bond acceptors (Lipinski definition) is 9. The van der Waals surface area contributed by atoms with Crippen molar-refractivity contribution in [2.75, 3.05) is 0 Å². The highest BCUT2D eigenvalue weighted by Crippen LogP contribution is 2.23. The van der Waals surface area contributed by atoms with E-state index in [0.717, 1.165) is 5.39 Å². The van der Waals surface area contributed by atoms with Gasteiger partial charge in [0, 0.05) is 22.6 Å². The van der Waals surface area contributed by atoms with Crippen LogP contribution in [0.25, 0.3) is 10.9 Å². The summed E-state index contributed by atoms with van der Waals surface area (Å²) in [5.74, 6) is -3.13. The van der Waals surface area contributed by atoms with Crippen molar-refractivity contribution in [1.29, 1.82) is 0 Å². The van der Waals surface area contributed by atoms with Gasteiger partial charge in [-0.2, -0.15) is 14.0 Å². The van der Waals surface area contributed by atoms with E-state index in [9.17, 15) is 33.5 Å². The molecule has 1 fully saturated rings. The second kappa shape index (κ2) is 6.25. The van der Waals surface area contributed by atoms with Gasteiger partial charge in [-0.3, -0.25) is 19.9 Å². The van der Waals surface area contributed by atoms with Crippen molar-refractivity contribution in [3.05, 3.63) is 42.1 Å². The molecular weight excluding hydrogens is 374 g/mol. The Kier molecular flexibility index (Phi) is 4.36. The fourth-order valence-corrected chi connectivity index (χ4v) is 2.67. The van der Waals surface area contributed by atoms with Gasteiger partial charge in [0.15, 0.2) is 0 Å². The Hall–Kier alpha value is -2.67. The molecule has 136 valence electrons. The maximum atomic E-state index is 12.2. The number of rotatable bonds is 4. The molecule has 0 saturated carbocycles. The van der Waals surface area contributed by atoms with Crippen LogP contribution in [0.3, 0.4) is 0 Å². The molecule has 4 amide bonds. The van der Waals surface area contributed by atoms with E-state index in [1.165, 1.54) is 6.07 Å². The van der Waals surface area contributed by atoms with Gasteiger partial charge in [-0.25, -0.2) is 4.79 Å². The zero-order valence-corrected chi connectivity index (χ0v) is 13.5. The van der Waals surface area contributed by atoms with Crippen LogP contribution in [0.1, 0.15) is 5.69 Å². The van der Waals surface area contributed by atoms with Crippen molar-refractivity contribution in [3.8, 4) is 0 Å². The Morgan fingerprint density at radius 3 is 2.54 bits per heavy atom. The lowest BCUT2D eigenvalue weighted by molar-refractivity contribution is -1.92. The van der Waals surface area contributed by atoms with Gasteiger partial charge in [0.05, 0.1) is 5.52 Å². The Balaban J connectivity index is 1.93. The highest BCUT2D eigenvalue weighted by Gasteiger charge is 2.58. The van der Waals surface area contributed by atoms with Crippen molar-refractivity contribution in [2.24, 2.45) is 0 Å². The molecule has 1 atom stereocenters. The minimum absolute atomic E-state index is 0.103. The number of carbonyl (C=O) groups is 3. The number of amides is 4. The van der Waals surface area contributed by atoms with E-state index >= 15 is 0 Å². The van der Waals surface area contributed by atoms with E-state index in [1.807, 2.05) is 0 Å². The van der Waals surface area contributed by atoms with Crippen molar-refractivity contribution >= 4 is 28.7 Å². The van der Waals surface area contributed by atoms with Crippen molar-refractivity contribution in [2.45, 2.75) is 12.0 Å². The van der Waals surface area contributed by atoms with Gasteiger partial charge in [0.25, 0.3) is 5.91 Å². The Morgan fingerprint density at radius 1 is 1.15 bits per heavy atom. The molecule has 0 bridgehead atoms. The number of nitrogens with zero attached hydrogens (tertiary/aromatic N) is 2.